The molecule has 1 aliphatic rings. The Labute approximate surface area is 188 Å². The van der Waals surface area contributed by atoms with Crippen molar-refractivity contribution in [2.24, 2.45) is 5.92 Å². The Morgan fingerprint density at radius 3 is 2.41 bits per heavy atom. The van der Waals surface area contributed by atoms with E-state index in [1.54, 1.807) is 12.3 Å². The molecule has 2 amide bonds. The third-order valence-electron chi connectivity index (χ3n) is 5.86. The molecule has 1 aliphatic heterocycles. The summed E-state index contributed by atoms with van der Waals surface area (Å²) in [4.78, 5) is 27.0. The summed E-state index contributed by atoms with van der Waals surface area (Å²) in [6.45, 7) is 2.38. The largest absolute Gasteiger partial charge is 0.352 e. The molecule has 1 N–H and O–H groups in total. The Bertz CT molecular complexity index is 1050. The predicted octanol–water partition coefficient (Wildman–Crippen LogP) is 3.50. The lowest BCUT2D eigenvalue weighted by Gasteiger charge is -2.30. The highest BCUT2D eigenvalue weighted by molar-refractivity contribution is 5.92. The highest BCUT2D eigenvalue weighted by Gasteiger charge is 2.26. The van der Waals surface area contributed by atoms with Gasteiger partial charge in [0, 0.05) is 44.0 Å². The summed E-state index contributed by atoms with van der Waals surface area (Å²) in [5.41, 5.74) is 3.24. The number of piperidine rings is 1. The van der Waals surface area contributed by atoms with E-state index in [4.69, 9.17) is 0 Å². The van der Waals surface area contributed by atoms with Crippen molar-refractivity contribution >= 4 is 17.9 Å². The van der Waals surface area contributed by atoms with Crippen LogP contribution in [-0.4, -0.2) is 39.6 Å². The molecule has 2 heterocycles. The summed E-state index contributed by atoms with van der Waals surface area (Å²) in [5.74, 6) is 0.00140. The van der Waals surface area contributed by atoms with Crippen LogP contribution in [0.2, 0.25) is 0 Å². The smallest absolute Gasteiger partial charge is 0.246 e. The number of amides is 2. The van der Waals surface area contributed by atoms with E-state index in [1.165, 1.54) is 0 Å². The second kappa shape index (κ2) is 10.6. The Kier molecular flexibility index (Phi) is 7.12. The predicted molar refractivity (Wildman–Crippen MR) is 124 cm³/mol. The van der Waals surface area contributed by atoms with Gasteiger partial charge in [-0.15, -0.1) is 0 Å². The Hall–Kier alpha value is -3.67. The lowest BCUT2D eigenvalue weighted by atomic mass is 9.95. The minimum absolute atomic E-state index is 0.000241. The van der Waals surface area contributed by atoms with Gasteiger partial charge in [-0.05, 0) is 41.7 Å². The average Bonchev–Trinajstić information content (AvgIpc) is 3.36. The highest BCUT2D eigenvalue weighted by Crippen LogP contribution is 2.19. The molecule has 1 fully saturated rings. The van der Waals surface area contributed by atoms with Crippen LogP contribution in [0.25, 0.3) is 6.08 Å². The van der Waals surface area contributed by atoms with Gasteiger partial charge in [0.25, 0.3) is 0 Å². The lowest BCUT2D eigenvalue weighted by molar-refractivity contribution is -0.132. The third kappa shape index (κ3) is 5.72. The van der Waals surface area contributed by atoms with Crippen LogP contribution in [0.5, 0.6) is 0 Å². The van der Waals surface area contributed by atoms with Crippen molar-refractivity contribution in [2.75, 3.05) is 13.1 Å². The number of hydrogen-bond donors (Lipinski definition) is 1. The molecule has 164 valence electrons. The summed E-state index contributed by atoms with van der Waals surface area (Å²) in [6, 6.07) is 19.8. The van der Waals surface area contributed by atoms with Gasteiger partial charge in [0.15, 0.2) is 0 Å². The van der Waals surface area contributed by atoms with Gasteiger partial charge in [0.2, 0.25) is 11.8 Å². The first-order valence-electron chi connectivity index (χ1n) is 11.0. The third-order valence-corrected chi connectivity index (χ3v) is 5.86. The van der Waals surface area contributed by atoms with E-state index in [-0.39, 0.29) is 17.7 Å². The molecular formula is C26H28N4O2. The van der Waals surface area contributed by atoms with E-state index in [0.29, 0.717) is 39.0 Å². The van der Waals surface area contributed by atoms with Crippen molar-refractivity contribution in [3.8, 4) is 0 Å². The van der Waals surface area contributed by atoms with Gasteiger partial charge in [-0.1, -0.05) is 54.6 Å². The SMILES string of the molecule is O=C(NCc1ccccc1Cn1cccn1)C1CCN(C(=O)C=Cc2ccccc2)CC1. The monoisotopic (exact) mass is 428 g/mol. The summed E-state index contributed by atoms with van der Waals surface area (Å²) >= 11 is 0. The van der Waals surface area contributed by atoms with Crippen LogP contribution in [0.15, 0.2) is 79.1 Å². The average molecular weight is 429 g/mol. The maximum absolute atomic E-state index is 12.7. The fraction of sp³-hybridized carbons (Fsp3) is 0.269. The van der Waals surface area contributed by atoms with E-state index >= 15 is 0 Å². The maximum atomic E-state index is 12.7. The molecule has 2 aromatic carbocycles. The van der Waals surface area contributed by atoms with Crippen molar-refractivity contribution in [1.29, 1.82) is 0 Å². The van der Waals surface area contributed by atoms with E-state index in [2.05, 4.69) is 16.5 Å². The van der Waals surface area contributed by atoms with Gasteiger partial charge in [-0.3, -0.25) is 14.3 Å². The van der Waals surface area contributed by atoms with Crippen LogP contribution in [-0.2, 0) is 22.7 Å². The second-order valence-electron chi connectivity index (χ2n) is 8.03. The van der Waals surface area contributed by atoms with Gasteiger partial charge in [0.05, 0.1) is 6.54 Å². The van der Waals surface area contributed by atoms with E-state index < -0.39 is 0 Å². The molecule has 0 radical (unpaired) electrons. The zero-order valence-electron chi connectivity index (χ0n) is 18.1. The topological polar surface area (TPSA) is 67.2 Å². The minimum Gasteiger partial charge on any atom is -0.352 e. The molecule has 0 spiro atoms. The first-order chi connectivity index (χ1) is 15.7. The summed E-state index contributed by atoms with van der Waals surface area (Å²) in [5, 5.41) is 7.36. The number of carbonyl (C=O) groups is 2. The fourth-order valence-electron chi connectivity index (χ4n) is 3.98. The van der Waals surface area contributed by atoms with Crippen LogP contribution in [0.1, 0.15) is 29.5 Å². The molecule has 32 heavy (non-hydrogen) atoms. The Morgan fingerprint density at radius 1 is 0.969 bits per heavy atom. The number of benzene rings is 2. The van der Waals surface area contributed by atoms with E-state index in [0.717, 1.165) is 16.7 Å². The van der Waals surface area contributed by atoms with Crippen LogP contribution in [0, 0.1) is 5.92 Å². The molecule has 1 saturated heterocycles. The van der Waals surface area contributed by atoms with Gasteiger partial charge in [-0.25, -0.2) is 0 Å². The van der Waals surface area contributed by atoms with Crippen molar-refractivity contribution < 1.29 is 9.59 Å². The number of nitrogens with one attached hydrogen (secondary N) is 1. The van der Waals surface area contributed by atoms with Gasteiger partial charge < -0.3 is 10.2 Å². The second-order valence-corrected chi connectivity index (χ2v) is 8.03. The zero-order valence-corrected chi connectivity index (χ0v) is 18.1. The number of likely N-dealkylation sites (tertiary alicyclic amines) is 1. The molecular weight excluding hydrogens is 400 g/mol. The minimum atomic E-state index is -0.0598. The number of rotatable bonds is 7. The van der Waals surface area contributed by atoms with Gasteiger partial charge in [0.1, 0.15) is 0 Å². The van der Waals surface area contributed by atoms with Crippen LogP contribution < -0.4 is 5.32 Å². The van der Waals surface area contributed by atoms with Crippen LogP contribution in [0.4, 0.5) is 0 Å². The van der Waals surface area contributed by atoms with Crippen molar-refractivity contribution in [3.63, 3.8) is 0 Å². The van der Waals surface area contributed by atoms with E-state index in [1.807, 2.05) is 76.5 Å². The highest BCUT2D eigenvalue weighted by atomic mass is 16.2. The number of nitrogens with zero attached hydrogens (tertiary/aromatic N) is 3. The van der Waals surface area contributed by atoms with Crippen LogP contribution >= 0.6 is 0 Å². The molecule has 0 unspecified atom stereocenters. The van der Waals surface area contributed by atoms with Crippen LogP contribution in [0.3, 0.4) is 0 Å². The number of carbonyl (C=O) groups excluding carboxylic acids is 2. The number of aromatic nitrogens is 2. The molecule has 6 nitrogen and oxygen atoms in total. The first kappa shape index (κ1) is 21.6. The molecule has 1 aromatic heterocycles. The Morgan fingerprint density at radius 2 is 1.69 bits per heavy atom. The van der Waals surface area contributed by atoms with Gasteiger partial charge >= 0.3 is 0 Å². The van der Waals surface area contributed by atoms with Crippen molar-refractivity contribution in [2.45, 2.75) is 25.9 Å². The summed E-state index contributed by atoms with van der Waals surface area (Å²) < 4.78 is 1.87. The number of hydrogen-bond acceptors (Lipinski definition) is 3. The molecule has 0 bridgehead atoms. The van der Waals surface area contributed by atoms with E-state index in [9.17, 15) is 9.59 Å². The van der Waals surface area contributed by atoms with Crippen molar-refractivity contribution in [1.82, 2.24) is 20.0 Å². The van der Waals surface area contributed by atoms with Gasteiger partial charge in [-0.2, -0.15) is 5.10 Å². The summed E-state index contributed by atoms with van der Waals surface area (Å²) in [6.07, 6.45) is 8.52. The lowest BCUT2D eigenvalue weighted by Crippen LogP contribution is -2.42. The summed E-state index contributed by atoms with van der Waals surface area (Å²) in [7, 11) is 0. The fourth-order valence-corrected chi connectivity index (χ4v) is 3.98. The zero-order chi connectivity index (χ0) is 22.2. The molecule has 0 saturated carbocycles. The molecule has 4 rings (SSSR count). The maximum Gasteiger partial charge on any atom is 0.246 e. The quantitative estimate of drug-likeness (QED) is 0.586. The normalized spacial score (nSPS) is 14.6. The molecule has 6 heteroatoms. The first-order valence-corrected chi connectivity index (χ1v) is 11.0. The van der Waals surface area contributed by atoms with Crippen molar-refractivity contribution in [3.05, 3.63) is 95.8 Å². The molecule has 3 aromatic rings. The molecule has 0 atom stereocenters. The standard InChI is InChI=1S/C26H28N4O2/c31-25(12-11-21-7-2-1-3-8-21)29-17-13-22(14-18-29)26(32)27-19-23-9-4-5-10-24(23)20-30-16-6-15-28-30/h1-12,15-16,22H,13-14,17-20H2,(H,27,32). The molecule has 0 aliphatic carbocycles. The Balaban J connectivity index is 1.25.